The van der Waals surface area contributed by atoms with Crippen LogP contribution in [-0.4, -0.2) is 22.4 Å². The molecule has 1 saturated carbocycles. The summed E-state index contributed by atoms with van der Waals surface area (Å²) in [5.74, 6) is -0.218. The van der Waals surface area contributed by atoms with E-state index >= 15 is 0 Å². The smallest absolute Gasteiger partial charge is 0.242 e. The normalized spacial score (nSPS) is 16.5. The van der Waals surface area contributed by atoms with Crippen LogP contribution < -0.4 is 0 Å². The largest absolute Gasteiger partial charge is 0.341 e. The fourth-order valence-electron chi connectivity index (χ4n) is 2.99. The maximum Gasteiger partial charge on any atom is 0.242 e. The molecule has 1 aliphatic carbocycles. The Hall–Kier alpha value is -2.23. The van der Waals surface area contributed by atoms with E-state index in [0.717, 1.165) is 23.6 Å². The number of carbonyl (C=O) groups is 3. The molecule has 0 N–H and O–H groups in total. The number of carbonyl (C=O) groups excluding carboxylic acids is 3. The molecule has 0 radical (unpaired) electrons. The molecule has 102 valence electrons. The molecule has 4 heteroatoms. The molecule has 0 unspecified atom stereocenters. The molecule has 0 spiro atoms. The summed E-state index contributed by atoms with van der Waals surface area (Å²) in [4.78, 5) is 34.2. The Morgan fingerprint density at radius 3 is 2.60 bits per heavy atom. The second-order valence-corrected chi connectivity index (χ2v) is 5.22. The lowest BCUT2D eigenvalue weighted by molar-refractivity contribution is -0.120. The second-order valence-electron chi connectivity index (χ2n) is 5.22. The van der Waals surface area contributed by atoms with Gasteiger partial charge in [0.05, 0.1) is 0 Å². The molecule has 3 rings (SSSR count). The Morgan fingerprint density at radius 1 is 1.20 bits per heavy atom. The lowest BCUT2D eigenvalue weighted by Gasteiger charge is -2.24. The summed E-state index contributed by atoms with van der Waals surface area (Å²) in [6.07, 6.45) is 4.86. The summed E-state index contributed by atoms with van der Waals surface area (Å²) < 4.78 is 1.90. The van der Waals surface area contributed by atoms with Crippen LogP contribution in [0.4, 0.5) is 0 Å². The molecule has 20 heavy (non-hydrogen) atoms. The summed E-state index contributed by atoms with van der Waals surface area (Å²) in [5.41, 5.74) is 0.454. The zero-order valence-corrected chi connectivity index (χ0v) is 11.0. The third kappa shape index (κ3) is 2.07. The second kappa shape index (κ2) is 5.04. The van der Waals surface area contributed by atoms with Crippen LogP contribution in [0.1, 0.15) is 42.2 Å². The van der Waals surface area contributed by atoms with E-state index in [1.165, 1.54) is 0 Å². The van der Waals surface area contributed by atoms with E-state index in [9.17, 15) is 14.4 Å². The van der Waals surface area contributed by atoms with Gasteiger partial charge in [0.1, 0.15) is 11.5 Å². The lowest BCUT2D eigenvalue weighted by atomic mass is 9.94. The van der Waals surface area contributed by atoms with E-state index in [2.05, 4.69) is 0 Å². The lowest BCUT2D eigenvalue weighted by Crippen LogP contribution is -2.21. The number of fused-ring (bicyclic) bond motifs is 1. The van der Waals surface area contributed by atoms with Gasteiger partial charge in [-0.15, -0.1) is 0 Å². The predicted molar refractivity (Wildman–Crippen MR) is 74.8 cm³/mol. The molecule has 1 heterocycles. The van der Waals surface area contributed by atoms with Crippen LogP contribution in [0.5, 0.6) is 0 Å². The van der Waals surface area contributed by atoms with Gasteiger partial charge < -0.3 is 4.57 Å². The van der Waals surface area contributed by atoms with Gasteiger partial charge >= 0.3 is 0 Å². The van der Waals surface area contributed by atoms with Crippen LogP contribution in [0.3, 0.4) is 0 Å². The van der Waals surface area contributed by atoms with Crippen molar-refractivity contribution in [2.24, 2.45) is 0 Å². The van der Waals surface area contributed by atoms with Gasteiger partial charge in [0, 0.05) is 35.9 Å². The van der Waals surface area contributed by atoms with Gasteiger partial charge in [0.2, 0.25) is 5.78 Å². The molecule has 1 fully saturated rings. The molecule has 1 aromatic heterocycles. The van der Waals surface area contributed by atoms with Gasteiger partial charge in [-0.3, -0.25) is 14.4 Å². The molecule has 1 aromatic carbocycles. The summed E-state index contributed by atoms with van der Waals surface area (Å²) in [6, 6.07) is 7.68. The summed E-state index contributed by atoms with van der Waals surface area (Å²) in [5, 5.41) is 1.76. The molecule has 2 aromatic rings. The third-order valence-corrected chi connectivity index (χ3v) is 4.00. The number of rotatable bonds is 3. The van der Waals surface area contributed by atoms with E-state index in [4.69, 9.17) is 0 Å². The highest BCUT2D eigenvalue weighted by molar-refractivity contribution is 6.35. The molecule has 0 saturated heterocycles. The Labute approximate surface area is 116 Å². The van der Waals surface area contributed by atoms with E-state index in [0.29, 0.717) is 24.8 Å². The fourth-order valence-corrected chi connectivity index (χ4v) is 2.99. The number of hydrogen-bond acceptors (Lipinski definition) is 3. The molecule has 0 amide bonds. The van der Waals surface area contributed by atoms with Crippen LogP contribution in [0.15, 0.2) is 30.5 Å². The van der Waals surface area contributed by atoms with Gasteiger partial charge in [0.15, 0.2) is 6.29 Å². The van der Waals surface area contributed by atoms with E-state index in [1.807, 2.05) is 35.0 Å². The van der Waals surface area contributed by atoms with Crippen molar-refractivity contribution in [3.63, 3.8) is 0 Å². The van der Waals surface area contributed by atoms with Gasteiger partial charge in [-0.25, -0.2) is 0 Å². The zero-order chi connectivity index (χ0) is 14.1. The van der Waals surface area contributed by atoms with E-state index in [1.54, 1.807) is 0 Å². The molecular formula is C16H15NO3. The standard InChI is InChI=1S/C16H15NO3/c18-10-15(20)16-14-4-2-1-3-11(14)9-17(16)12-5-7-13(19)8-6-12/h1-4,9-10,12H,5-8H2. The zero-order valence-electron chi connectivity index (χ0n) is 11.0. The predicted octanol–water partition coefficient (Wildman–Crippen LogP) is 2.71. The topological polar surface area (TPSA) is 56.1 Å². The Balaban J connectivity index is 2.11. The first-order valence-electron chi connectivity index (χ1n) is 6.81. The highest BCUT2D eigenvalue weighted by Crippen LogP contribution is 2.32. The van der Waals surface area contributed by atoms with Crippen molar-refractivity contribution < 1.29 is 14.4 Å². The van der Waals surface area contributed by atoms with Crippen molar-refractivity contribution in [2.45, 2.75) is 31.7 Å². The molecule has 4 nitrogen and oxygen atoms in total. The van der Waals surface area contributed by atoms with Crippen molar-refractivity contribution >= 4 is 28.6 Å². The minimum absolute atomic E-state index is 0.124. The van der Waals surface area contributed by atoms with Crippen molar-refractivity contribution in [3.05, 3.63) is 36.2 Å². The first kappa shape index (κ1) is 12.8. The number of ketones is 2. The van der Waals surface area contributed by atoms with E-state index in [-0.39, 0.29) is 11.8 Å². The molecule has 0 aliphatic heterocycles. The third-order valence-electron chi connectivity index (χ3n) is 4.00. The minimum atomic E-state index is -0.497. The Kier molecular flexibility index (Phi) is 3.22. The summed E-state index contributed by atoms with van der Waals surface area (Å²) in [6.45, 7) is 0. The monoisotopic (exact) mass is 269 g/mol. The number of benzene rings is 1. The average Bonchev–Trinajstić information content (AvgIpc) is 2.86. The highest BCUT2D eigenvalue weighted by atomic mass is 16.2. The molecule has 0 bridgehead atoms. The van der Waals surface area contributed by atoms with Gasteiger partial charge in [0.25, 0.3) is 0 Å². The maximum absolute atomic E-state index is 12.0. The van der Waals surface area contributed by atoms with Crippen LogP contribution >= 0.6 is 0 Å². The van der Waals surface area contributed by atoms with Crippen molar-refractivity contribution in [1.82, 2.24) is 4.57 Å². The molecule has 0 atom stereocenters. The summed E-state index contributed by atoms with van der Waals surface area (Å²) >= 11 is 0. The van der Waals surface area contributed by atoms with Crippen LogP contribution in [0, 0.1) is 0 Å². The molecular weight excluding hydrogens is 254 g/mol. The number of Topliss-reactive ketones (excluding diaryl/α,β-unsaturated/α-hetero) is 2. The van der Waals surface area contributed by atoms with Crippen molar-refractivity contribution in [1.29, 1.82) is 0 Å². The first-order chi connectivity index (χ1) is 9.70. The van der Waals surface area contributed by atoms with Crippen LogP contribution in [0.2, 0.25) is 0 Å². The number of aromatic nitrogens is 1. The van der Waals surface area contributed by atoms with Crippen LogP contribution in [-0.2, 0) is 9.59 Å². The molecule has 1 aliphatic rings. The van der Waals surface area contributed by atoms with Crippen molar-refractivity contribution in [2.75, 3.05) is 0 Å². The number of aldehydes is 1. The van der Waals surface area contributed by atoms with Gasteiger partial charge in [-0.2, -0.15) is 0 Å². The SMILES string of the molecule is O=CC(=O)c1c2ccccc2cn1C1CCC(=O)CC1. The van der Waals surface area contributed by atoms with E-state index < -0.39 is 5.78 Å². The quantitative estimate of drug-likeness (QED) is 0.489. The van der Waals surface area contributed by atoms with Crippen LogP contribution in [0.25, 0.3) is 10.8 Å². The Bertz CT molecular complexity index is 689. The maximum atomic E-state index is 12.0. The fraction of sp³-hybridized carbons (Fsp3) is 0.312. The highest BCUT2D eigenvalue weighted by Gasteiger charge is 2.25. The average molecular weight is 269 g/mol. The number of hydrogen-bond donors (Lipinski definition) is 0. The first-order valence-corrected chi connectivity index (χ1v) is 6.81. The Morgan fingerprint density at radius 2 is 1.90 bits per heavy atom. The summed E-state index contributed by atoms with van der Waals surface area (Å²) in [7, 11) is 0. The number of nitrogens with zero attached hydrogens (tertiary/aromatic N) is 1. The van der Waals surface area contributed by atoms with Gasteiger partial charge in [-0.1, -0.05) is 24.3 Å². The minimum Gasteiger partial charge on any atom is -0.341 e. The van der Waals surface area contributed by atoms with Crippen molar-refractivity contribution in [3.8, 4) is 0 Å². The van der Waals surface area contributed by atoms with Gasteiger partial charge in [-0.05, 0) is 12.8 Å².